The Balaban J connectivity index is 2.03. The molecule has 88 valence electrons. The first-order chi connectivity index (χ1) is 7.76. The van der Waals surface area contributed by atoms with Gasteiger partial charge in [-0.05, 0) is 25.7 Å². The second-order valence-corrected chi connectivity index (χ2v) is 4.18. The molecule has 0 spiro atoms. The Morgan fingerprint density at radius 1 is 1.50 bits per heavy atom. The molecule has 0 aromatic carbocycles. The number of hydrogen-bond acceptors (Lipinski definition) is 5. The number of carbonyl (C=O) groups is 1. The maximum atomic E-state index is 11.7. The first-order valence-electron chi connectivity index (χ1n) is 5.50. The smallest absolute Gasteiger partial charge is 0.361 e. The van der Waals surface area contributed by atoms with E-state index in [4.69, 9.17) is 4.74 Å². The van der Waals surface area contributed by atoms with Gasteiger partial charge in [0.15, 0.2) is 5.69 Å². The fourth-order valence-corrected chi connectivity index (χ4v) is 2.06. The number of rotatable bonds is 3. The molecule has 0 aliphatic heterocycles. The van der Waals surface area contributed by atoms with Crippen LogP contribution in [-0.4, -0.2) is 28.4 Å². The number of carbonyl (C=O) groups excluding carboxylic acids is 1. The molecule has 0 radical (unpaired) electrons. The average molecular weight is 225 g/mol. The molecule has 0 saturated heterocycles. The summed E-state index contributed by atoms with van der Waals surface area (Å²) >= 11 is 0. The van der Waals surface area contributed by atoms with Crippen LogP contribution in [0.25, 0.3) is 0 Å². The van der Waals surface area contributed by atoms with Gasteiger partial charge in [-0.2, -0.15) is 0 Å². The topological polar surface area (TPSA) is 72.6 Å². The van der Waals surface area contributed by atoms with Crippen molar-refractivity contribution in [3.05, 3.63) is 18.0 Å². The van der Waals surface area contributed by atoms with Gasteiger partial charge < -0.3 is 14.4 Å². The van der Waals surface area contributed by atoms with Crippen LogP contribution < -0.4 is 0 Å². The van der Waals surface area contributed by atoms with Crippen molar-refractivity contribution in [2.75, 3.05) is 6.61 Å². The zero-order valence-corrected chi connectivity index (χ0v) is 9.02. The first kappa shape index (κ1) is 11.1. The van der Waals surface area contributed by atoms with Crippen LogP contribution in [0.15, 0.2) is 16.9 Å². The summed E-state index contributed by atoms with van der Waals surface area (Å²) in [7, 11) is 0. The summed E-state index contributed by atoms with van der Waals surface area (Å²) in [4.78, 5) is 11.7. The quantitative estimate of drug-likeness (QED) is 0.790. The number of aliphatic hydroxyl groups is 1. The van der Waals surface area contributed by atoms with Crippen molar-refractivity contribution in [3.8, 4) is 0 Å². The molecule has 1 aliphatic carbocycles. The van der Waals surface area contributed by atoms with Gasteiger partial charge in [0.05, 0.1) is 6.61 Å². The monoisotopic (exact) mass is 225 g/mol. The average Bonchev–Trinajstić information content (AvgIpc) is 2.84. The van der Waals surface area contributed by atoms with Gasteiger partial charge >= 0.3 is 5.97 Å². The lowest BCUT2D eigenvalue weighted by molar-refractivity contribution is -0.0669. The van der Waals surface area contributed by atoms with E-state index < -0.39 is 11.6 Å². The maximum absolute atomic E-state index is 11.7. The SMILES string of the molecule is O=C(OC1(CO)CCCCC1)c1ccon1. The van der Waals surface area contributed by atoms with E-state index in [0.29, 0.717) is 12.8 Å². The molecule has 5 heteroatoms. The first-order valence-corrected chi connectivity index (χ1v) is 5.50. The number of nitrogens with zero attached hydrogens (tertiary/aromatic N) is 1. The van der Waals surface area contributed by atoms with E-state index in [2.05, 4.69) is 9.68 Å². The van der Waals surface area contributed by atoms with Gasteiger partial charge in [-0.1, -0.05) is 11.6 Å². The van der Waals surface area contributed by atoms with Crippen molar-refractivity contribution in [1.82, 2.24) is 5.16 Å². The summed E-state index contributed by atoms with van der Waals surface area (Å²) in [5.41, 5.74) is -0.563. The Morgan fingerprint density at radius 2 is 2.25 bits per heavy atom. The van der Waals surface area contributed by atoms with Crippen molar-refractivity contribution in [2.24, 2.45) is 0 Å². The number of aliphatic hydroxyl groups excluding tert-OH is 1. The van der Waals surface area contributed by atoms with E-state index in [1.54, 1.807) is 0 Å². The molecule has 0 unspecified atom stereocenters. The highest BCUT2D eigenvalue weighted by Crippen LogP contribution is 2.31. The molecule has 0 atom stereocenters. The predicted octanol–water partition coefficient (Wildman–Crippen LogP) is 1.53. The fourth-order valence-electron chi connectivity index (χ4n) is 2.06. The highest BCUT2D eigenvalue weighted by molar-refractivity contribution is 5.87. The largest absolute Gasteiger partial charge is 0.452 e. The minimum absolute atomic E-state index is 0.128. The zero-order chi connectivity index (χ0) is 11.4. The Bertz CT molecular complexity index is 341. The Hall–Kier alpha value is -1.36. The van der Waals surface area contributed by atoms with Crippen LogP contribution in [0.1, 0.15) is 42.6 Å². The summed E-state index contributed by atoms with van der Waals surface area (Å²) in [5.74, 6) is -0.523. The Morgan fingerprint density at radius 3 is 2.81 bits per heavy atom. The second kappa shape index (κ2) is 4.65. The minimum atomic E-state index is -0.714. The zero-order valence-electron chi connectivity index (χ0n) is 9.02. The van der Waals surface area contributed by atoms with E-state index >= 15 is 0 Å². The predicted molar refractivity (Wildman–Crippen MR) is 54.8 cm³/mol. The van der Waals surface area contributed by atoms with Crippen molar-refractivity contribution in [2.45, 2.75) is 37.7 Å². The number of hydrogen-bond donors (Lipinski definition) is 1. The van der Waals surface area contributed by atoms with Gasteiger partial charge in [-0.25, -0.2) is 4.79 Å². The van der Waals surface area contributed by atoms with Gasteiger partial charge in [0.25, 0.3) is 0 Å². The third-order valence-electron chi connectivity index (χ3n) is 3.01. The summed E-state index contributed by atoms with van der Waals surface area (Å²) in [6.45, 7) is -0.128. The highest BCUT2D eigenvalue weighted by Gasteiger charge is 2.36. The molecular weight excluding hydrogens is 210 g/mol. The van der Waals surface area contributed by atoms with Crippen molar-refractivity contribution in [3.63, 3.8) is 0 Å². The Kier molecular flexibility index (Phi) is 3.24. The van der Waals surface area contributed by atoms with Gasteiger partial charge in [0, 0.05) is 6.07 Å². The molecule has 0 amide bonds. The highest BCUT2D eigenvalue weighted by atomic mass is 16.6. The normalized spacial score (nSPS) is 19.3. The molecule has 16 heavy (non-hydrogen) atoms. The van der Waals surface area contributed by atoms with Crippen LogP contribution in [0, 0.1) is 0 Å². The molecule has 2 rings (SSSR count). The van der Waals surface area contributed by atoms with Crippen molar-refractivity contribution < 1.29 is 19.2 Å². The molecule has 5 nitrogen and oxygen atoms in total. The van der Waals surface area contributed by atoms with E-state index in [9.17, 15) is 9.90 Å². The fraction of sp³-hybridized carbons (Fsp3) is 0.636. The number of aromatic nitrogens is 1. The lowest BCUT2D eigenvalue weighted by Crippen LogP contribution is -2.40. The minimum Gasteiger partial charge on any atom is -0.452 e. The molecule has 0 bridgehead atoms. The summed E-state index contributed by atoms with van der Waals surface area (Å²) in [5, 5.41) is 12.9. The van der Waals surface area contributed by atoms with Gasteiger partial charge in [0.2, 0.25) is 0 Å². The molecule has 1 N–H and O–H groups in total. The maximum Gasteiger partial charge on any atom is 0.361 e. The van der Waals surface area contributed by atoms with Crippen molar-refractivity contribution >= 4 is 5.97 Å². The van der Waals surface area contributed by atoms with E-state index in [1.165, 1.54) is 12.3 Å². The summed E-state index contributed by atoms with van der Waals surface area (Å²) < 4.78 is 9.94. The Labute approximate surface area is 93.4 Å². The van der Waals surface area contributed by atoms with E-state index in [1.807, 2.05) is 0 Å². The van der Waals surface area contributed by atoms with Crippen LogP contribution in [0.2, 0.25) is 0 Å². The third-order valence-corrected chi connectivity index (χ3v) is 3.01. The van der Waals surface area contributed by atoms with Crippen molar-refractivity contribution in [1.29, 1.82) is 0 Å². The molecule has 1 heterocycles. The van der Waals surface area contributed by atoms with Crippen LogP contribution in [0.5, 0.6) is 0 Å². The lowest BCUT2D eigenvalue weighted by Gasteiger charge is -2.34. The summed E-state index contributed by atoms with van der Waals surface area (Å²) in [6.07, 6.45) is 5.84. The second-order valence-electron chi connectivity index (χ2n) is 4.18. The molecule has 1 aromatic heterocycles. The molecule has 1 aliphatic rings. The lowest BCUT2D eigenvalue weighted by atomic mass is 9.85. The molecule has 1 saturated carbocycles. The summed E-state index contributed by atoms with van der Waals surface area (Å²) in [6, 6.07) is 1.45. The third kappa shape index (κ3) is 2.24. The van der Waals surface area contributed by atoms with Crippen LogP contribution in [0.4, 0.5) is 0 Å². The van der Waals surface area contributed by atoms with Crippen LogP contribution in [-0.2, 0) is 4.74 Å². The molecular formula is C11H15NO4. The van der Waals surface area contributed by atoms with Gasteiger partial charge in [-0.15, -0.1) is 0 Å². The van der Waals surface area contributed by atoms with Gasteiger partial charge in [-0.3, -0.25) is 0 Å². The number of esters is 1. The van der Waals surface area contributed by atoms with E-state index in [-0.39, 0.29) is 12.3 Å². The molecule has 1 fully saturated rings. The van der Waals surface area contributed by atoms with E-state index in [0.717, 1.165) is 19.3 Å². The number of ether oxygens (including phenoxy) is 1. The molecule has 1 aromatic rings. The van der Waals surface area contributed by atoms with Crippen LogP contribution >= 0.6 is 0 Å². The standard InChI is InChI=1S/C11H15NO4/c13-8-11(5-2-1-3-6-11)16-10(14)9-4-7-15-12-9/h4,7,13H,1-3,5-6,8H2. The van der Waals surface area contributed by atoms with Gasteiger partial charge in [0.1, 0.15) is 11.9 Å². The van der Waals surface area contributed by atoms with Crippen LogP contribution in [0.3, 0.4) is 0 Å².